The second kappa shape index (κ2) is 9.62. The molecule has 0 bridgehead atoms. The van der Waals surface area contributed by atoms with Crippen LogP contribution < -0.4 is 5.73 Å². The molecule has 2 heterocycles. The lowest BCUT2D eigenvalue weighted by molar-refractivity contribution is -0.140. The average molecular weight is 374 g/mol. The average Bonchev–Trinajstić information content (AvgIpc) is 2.60. The number of amides is 1. The van der Waals surface area contributed by atoms with Gasteiger partial charge in [0.15, 0.2) is 0 Å². The molecule has 0 radical (unpaired) electrons. The summed E-state index contributed by atoms with van der Waals surface area (Å²) in [4.78, 5) is 17.3. The van der Waals surface area contributed by atoms with E-state index in [0.29, 0.717) is 6.54 Å². The van der Waals surface area contributed by atoms with Crippen molar-refractivity contribution in [3.05, 3.63) is 35.4 Å². The van der Waals surface area contributed by atoms with Gasteiger partial charge in [-0.15, -0.1) is 24.8 Å². The number of hydrogen-bond donors (Lipinski definition) is 1. The first-order chi connectivity index (χ1) is 10.7. The maximum atomic E-state index is 12.9. The lowest BCUT2D eigenvalue weighted by Gasteiger charge is -2.40. The Morgan fingerprint density at radius 1 is 1.21 bits per heavy atom. The third-order valence-electron chi connectivity index (χ3n) is 5.25. The summed E-state index contributed by atoms with van der Waals surface area (Å²) in [6.45, 7) is 5.35. The molecule has 1 fully saturated rings. The molecule has 6 heteroatoms. The van der Waals surface area contributed by atoms with Crippen LogP contribution in [0.1, 0.15) is 37.3 Å². The fraction of sp³-hybridized carbons (Fsp3) is 0.611. The Bertz CT molecular complexity index is 541. The Morgan fingerprint density at radius 2 is 1.92 bits per heavy atom. The summed E-state index contributed by atoms with van der Waals surface area (Å²) >= 11 is 0. The van der Waals surface area contributed by atoms with Gasteiger partial charge in [0.1, 0.15) is 0 Å². The van der Waals surface area contributed by atoms with Crippen molar-refractivity contribution in [3.63, 3.8) is 0 Å². The standard InChI is InChI=1S/C18H27N3O.2ClH/c1-14(18(22)21-10-5-4-8-17(21)12-19)20-11-9-15-6-2-3-7-16(15)13-20;;/h2-3,6-7,14,17H,4-5,8-13,19H2,1H3;2*1H. The maximum Gasteiger partial charge on any atom is 0.239 e. The van der Waals surface area contributed by atoms with Crippen LogP contribution in [-0.2, 0) is 17.8 Å². The molecule has 2 unspecified atom stereocenters. The number of hydrogen-bond acceptors (Lipinski definition) is 3. The number of halogens is 2. The molecule has 1 amide bonds. The molecule has 0 saturated carbocycles. The molecule has 3 rings (SSSR count). The summed E-state index contributed by atoms with van der Waals surface area (Å²) in [6, 6.07) is 8.75. The van der Waals surface area contributed by atoms with Gasteiger partial charge in [-0.25, -0.2) is 0 Å². The van der Waals surface area contributed by atoms with E-state index in [9.17, 15) is 4.79 Å². The van der Waals surface area contributed by atoms with Crippen LogP contribution in [0.4, 0.5) is 0 Å². The Morgan fingerprint density at radius 3 is 2.62 bits per heavy atom. The van der Waals surface area contributed by atoms with E-state index in [-0.39, 0.29) is 42.8 Å². The smallest absolute Gasteiger partial charge is 0.239 e. The normalized spacial score (nSPS) is 21.9. The van der Waals surface area contributed by atoms with E-state index in [1.54, 1.807) is 0 Å². The van der Waals surface area contributed by atoms with Crippen molar-refractivity contribution in [2.45, 2.75) is 51.2 Å². The highest BCUT2D eigenvalue weighted by molar-refractivity contribution is 5.85. The first kappa shape index (κ1) is 21.2. The van der Waals surface area contributed by atoms with Crippen LogP contribution in [0.3, 0.4) is 0 Å². The lowest BCUT2D eigenvalue weighted by Crippen LogP contribution is -2.54. The van der Waals surface area contributed by atoms with Gasteiger partial charge in [-0.2, -0.15) is 0 Å². The van der Waals surface area contributed by atoms with Crippen LogP contribution >= 0.6 is 24.8 Å². The molecule has 1 saturated heterocycles. The highest BCUT2D eigenvalue weighted by Gasteiger charge is 2.32. The third-order valence-corrected chi connectivity index (χ3v) is 5.25. The number of rotatable bonds is 3. The monoisotopic (exact) mass is 373 g/mol. The molecule has 1 aromatic carbocycles. The van der Waals surface area contributed by atoms with E-state index >= 15 is 0 Å². The fourth-order valence-electron chi connectivity index (χ4n) is 3.78. The number of likely N-dealkylation sites (tertiary alicyclic amines) is 1. The topological polar surface area (TPSA) is 49.6 Å². The predicted octanol–water partition coefficient (Wildman–Crippen LogP) is 2.62. The highest BCUT2D eigenvalue weighted by Crippen LogP contribution is 2.23. The van der Waals surface area contributed by atoms with Crippen LogP contribution in [0.2, 0.25) is 0 Å². The van der Waals surface area contributed by atoms with Crippen LogP contribution in [-0.4, -0.2) is 47.4 Å². The van der Waals surface area contributed by atoms with Gasteiger partial charge in [0.25, 0.3) is 0 Å². The number of carbonyl (C=O) groups excluding carboxylic acids is 1. The Balaban J connectivity index is 0.00000144. The van der Waals surface area contributed by atoms with Crippen molar-refractivity contribution < 1.29 is 4.79 Å². The third kappa shape index (κ3) is 4.42. The van der Waals surface area contributed by atoms with Crippen molar-refractivity contribution in [1.82, 2.24) is 9.80 Å². The minimum absolute atomic E-state index is 0. The Hall–Kier alpha value is -0.810. The quantitative estimate of drug-likeness (QED) is 0.885. The number of fused-ring (bicyclic) bond motifs is 1. The summed E-state index contributed by atoms with van der Waals surface area (Å²) in [5.41, 5.74) is 8.66. The van der Waals surface area contributed by atoms with Crippen molar-refractivity contribution in [2.75, 3.05) is 19.6 Å². The van der Waals surface area contributed by atoms with Crippen LogP contribution in [0.15, 0.2) is 24.3 Å². The fourth-order valence-corrected chi connectivity index (χ4v) is 3.78. The number of piperidine rings is 1. The predicted molar refractivity (Wildman–Crippen MR) is 103 cm³/mol. The molecule has 2 aliphatic heterocycles. The molecule has 0 aromatic heterocycles. The molecular weight excluding hydrogens is 345 g/mol. The molecule has 1 aromatic rings. The van der Waals surface area contributed by atoms with E-state index in [4.69, 9.17) is 5.73 Å². The van der Waals surface area contributed by atoms with Gasteiger partial charge in [0.2, 0.25) is 5.91 Å². The largest absolute Gasteiger partial charge is 0.337 e. The zero-order chi connectivity index (χ0) is 15.5. The number of carbonyl (C=O) groups is 1. The van der Waals surface area contributed by atoms with Gasteiger partial charge in [0, 0.05) is 32.2 Å². The van der Waals surface area contributed by atoms with E-state index in [2.05, 4.69) is 36.1 Å². The molecule has 2 atom stereocenters. The number of benzene rings is 1. The molecule has 2 N–H and O–H groups in total. The highest BCUT2D eigenvalue weighted by atomic mass is 35.5. The zero-order valence-electron chi connectivity index (χ0n) is 14.3. The van der Waals surface area contributed by atoms with Gasteiger partial charge in [-0.1, -0.05) is 24.3 Å². The second-order valence-electron chi connectivity index (χ2n) is 6.58. The van der Waals surface area contributed by atoms with Crippen molar-refractivity contribution in [3.8, 4) is 0 Å². The Labute approximate surface area is 157 Å². The van der Waals surface area contributed by atoms with Crippen molar-refractivity contribution in [2.24, 2.45) is 5.73 Å². The van der Waals surface area contributed by atoms with Crippen LogP contribution in [0.5, 0.6) is 0 Å². The molecule has 4 nitrogen and oxygen atoms in total. The minimum Gasteiger partial charge on any atom is -0.337 e. The first-order valence-electron chi connectivity index (χ1n) is 8.52. The summed E-state index contributed by atoms with van der Waals surface area (Å²) in [6.07, 6.45) is 4.39. The van der Waals surface area contributed by atoms with Gasteiger partial charge < -0.3 is 10.6 Å². The summed E-state index contributed by atoms with van der Waals surface area (Å²) in [5.74, 6) is 0.259. The van der Waals surface area contributed by atoms with E-state index in [1.165, 1.54) is 17.5 Å². The molecule has 2 aliphatic rings. The number of nitrogens with zero attached hydrogens (tertiary/aromatic N) is 2. The second-order valence-corrected chi connectivity index (χ2v) is 6.58. The summed E-state index contributed by atoms with van der Waals surface area (Å²) in [7, 11) is 0. The molecule has 0 aliphatic carbocycles. The van der Waals surface area contributed by atoms with E-state index < -0.39 is 0 Å². The summed E-state index contributed by atoms with van der Waals surface area (Å²) < 4.78 is 0. The van der Waals surface area contributed by atoms with E-state index in [0.717, 1.165) is 38.9 Å². The maximum absolute atomic E-state index is 12.9. The number of nitrogens with two attached hydrogens (primary N) is 1. The van der Waals surface area contributed by atoms with Gasteiger partial charge in [-0.3, -0.25) is 9.69 Å². The summed E-state index contributed by atoms with van der Waals surface area (Å²) in [5, 5.41) is 0. The van der Waals surface area contributed by atoms with Gasteiger partial charge in [0.05, 0.1) is 6.04 Å². The van der Waals surface area contributed by atoms with Crippen molar-refractivity contribution in [1.29, 1.82) is 0 Å². The molecule has 136 valence electrons. The van der Waals surface area contributed by atoms with Gasteiger partial charge in [-0.05, 0) is 43.7 Å². The van der Waals surface area contributed by atoms with Crippen molar-refractivity contribution >= 4 is 30.7 Å². The Kier molecular flexibility index (Phi) is 8.51. The lowest BCUT2D eigenvalue weighted by atomic mass is 9.97. The minimum atomic E-state index is -0.0551. The SMILES string of the molecule is CC(C(=O)N1CCCCC1CN)N1CCc2ccccc2C1.Cl.Cl. The van der Waals surface area contributed by atoms with Crippen LogP contribution in [0, 0.1) is 0 Å². The molecular formula is C18H29Cl2N3O. The molecule has 0 spiro atoms. The molecule has 24 heavy (non-hydrogen) atoms. The first-order valence-corrected chi connectivity index (χ1v) is 8.52. The zero-order valence-corrected chi connectivity index (χ0v) is 16.0. The van der Waals surface area contributed by atoms with Gasteiger partial charge >= 0.3 is 0 Å². The van der Waals surface area contributed by atoms with E-state index in [1.807, 2.05) is 4.90 Å². The van der Waals surface area contributed by atoms with Crippen LogP contribution in [0.25, 0.3) is 0 Å².